The van der Waals surface area contributed by atoms with Crippen molar-refractivity contribution >= 4 is 39.4 Å². The molecule has 0 radical (unpaired) electrons. The molecule has 2 aromatic carbocycles. The third kappa shape index (κ3) is 2.92. The molecular weight excluding hydrogens is 324 g/mol. The summed E-state index contributed by atoms with van der Waals surface area (Å²) in [5.41, 5.74) is 6.24. The molecule has 2 heterocycles. The molecule has 0 saturated carbocycles. The molecule has 0 bridgehead atoms. The Morgan fingerprint density at radius 3 is 2.64 bits per heavy atom. The molecule has 1 aliphatic heterocycles. The number of allylic oxidation sites excluding steroid dienone is 3. The molecule has 0 spiro atoms. The second-order valence-electron chi connectivity index (χ2n) is 6.38. The van der Waals surface area contributed by atoms with E-state index >= 15 is 0 Å². The molecule has 124 valence electrons. The molecule has 3 aromatic rings. The molecule has 0 fully saturated rings. The Morgan fingerprint density at radius 2 is 1.80 bits per heavy atom. The Kier molecular flexibility index (Phi) is 4.02. The predicted molar refractivity (Wildman–Crippen MR) is 109 cm³/mol. The molecule has 1 aliphatic rings. The van der Waals surface area contributed by atoms with E-state index in [9.17, 15) is 0 Å². The molecule has 0 saturated heterocycles. The van der Waals surface area contributed by atoms with Crippen molar-refractivity contribution in [1.29, 1.82) is 0 Å². The summed E-state index contributed by atoms with van der Waals surface area (Å²) in [6, 6.07) is 17.0. The highest BCUT2D eigenvalue weighted by molar-refractivity contribution is 7.18. The number of anilines is 1. The van der Waals surface area contributed by atoms with Crippen LogP contribution in [0, 0.1) is 0 Å². The van der Waals surface area contributed by atoms with E-state index in [-0.39, 0.29) is 0 Å². The second-order valence-corrected chi connectivity index (χ2v) is 7.44. The van der Waals surface area contributed by atoms with Gasteiger partial charge < -0.3 is 4.90 Å². The van der Waals surface area contributed by atoms with Crippen molar-refractivity contribution in [2.24, 2.45) is 7.05 Å². The van der Waals surface area contributed by atoms with E-state index in [1.54, 1.807) is 0 Å². The van der Waals surface area contributed by atoms with Gasteiger partial charge in [-0.2, -0.15) is 4.57 Å². The lowest BCUT2D eigenvalue weighted by molar-refractivity contribution is -0.642. The predicted octanol–water partition coefficient (Wildman–Crippen LogP) is 5.18. The monoisotopic (exact) mass is 345 g/mol. The fourth-order valence-electron chi connectivity index (χ4n) is 3.22. The quantitative estimate of drug-likeness (QED) is 0.581. The van der Waals surface area contributed by atoms with Crippen LogP contribution >= 0.6 is 11.3 Å². The minimum atomic E-state index is 1.20. The Labute approximate surface area is 152 Å². The van der Waals surface area contributed by atoms with Gasteiger partial charge in [0.05, 0.1) is 0 Å². The van der Waals surface area contributed by atoms with Gasteiger partial charge in [-0.15, -0.1) is 0 Å². The highest BCUT2D eigenvalue weighted by Gasteiger charge is 2.15. The van der Waals surface area contributed by atoms with Gasteiger partial charge in [-0.1, -0.05) is 47.7 Å². The smallest absolute Gasteiger partial charge is 0.262 e. The Morgan fingerprint density at radius 1 is 1.04 bits per heavy atom. The lowest BCUT2D eigenvalue weighted by Gasteiger charge is -2.26. The lowest BCUT2D eigenvalue weighted by atomic mass is 10.1. The van der Waals surface area contributed by atoms with Gasteiger partial charge in [0, 0.05) is 30.6 Å². The summed E-state index contributed by atoms with van der Waals surface area (Å²) in [5.74, 6) is 0. The van der Waals surface area contributed by atoms with E-state index in [2.05, 4.69) is 103 Å². The number of aryl methyl sites for hydroxylation is 1. The topological polar surface area (TPSA) is 7.12 Å². The Hall–Kier alpha value is -2.65. The van der Waals surface area contributed by atoms with Crippen LogP contribution < -0.4 is 9.47 Å². The van der Waals surface area contributed by atoms with Crippen molar-refractivity contribution in [2.45, 2.75) is 6.92 Å². The number of hydrogen-bond acceptors (Lipinski definition) is 2. The molecule has 0 unspecified atom stereocenters. The normalized spacial score (nSPS) is 15.9. The van der Waals surface area contributed by atoms with Crippen molar-refractivity contribution in [3.63, 3.8) is 0 Å². The number of likely N-dealkylation sites (N-methyl/N-ethyl adjacent to an activating group) is 1. The minimum absolute atomic E-state index is 1.20. The van der Waals surface area contributed by atoms with Crippen molar-refractivity contribution in [3.8, 4) is 0 Å². The second kappa shape index (κ2) is 6.34. The summed E-state index contributed by atoms with van der Waals surface area (Å²) < 4.78 is 3.58. The average molecular weight is 345 g/mol. The maximum Gasteiger partial charge on any atom is 0.262 e. The van der Waals surface area contributed by atoms with Crippen molar-refractivity contribution in [3.05, 3.63) is 82.5 Å². The summed E-state index contributed by atoms with van der Waals surface area (Å²) in [6.07, 6.45) is 8.88. The van der Waals surface area contributed by atoms with E-state index in [0.29, 0.717) is 0 Å². The van der Waals surface area contributed by atoms with E-state index in [1.807, 2.05) is 11.3 Å². The number of aromatic nitrogens is 1. The third-order valence-electron chi connectivity index (χ3n) is 4.62. The third-order valence-corrected chi connectivity index (χ3v) is 5.78. The van der Waals surface area contributed by atoms with Crippen LogP contribution in [0.25, 0.3) is 22.4 Å². The largest absolute Gasteiger partial charge is 0.344 e. The van der Waals surface area contributed by atoms with E-state index in [1.165, 1.54) is 37.7 Å². The van der Waals surface area contributed by atoms with E-state index in [0.717, 1.165) is 0 Å². The van der Waals surface area contributed by atoms with Crippen LogP contribution in [0.15, 0.2) is 72.0 Å². The van der Waals surface area contributed by atoms with Gasteiger partial charge in [-0.25, -0.2) is 0 Å². The first-order valence-corrected chi connectivity index (χ1v) is 9.23. The van der Waals surface area contributed by atoms with Gasteiger partial charge in [0.15, 0.2) is 0 Å². The number of para-hydroxylation sites is 2. The zero-order chi connectivity index (χ0) is 17.4. The maximum atomic E-state index is 2.26. The molecule has 0 N–H and O–H groups in total. The Bertz CT molecular complexity index is 1040. The van der Waals surface area contributed by atoms with Crippen LogP contribution in [-0.4, -0.2) is 7.05 Å². The van der Waals surface area contributed by atoms with Gasteiger partial charge in [0.1, 0.15) is 11.7 Å². The van der Waals surface area contributed by atoms with Crippen LogP contribution in [0.2, 0.25) is 0 Å². The number of benzene rings is 2. The number of fused-ring (bicyclic) bond motifs is 2. The van der Waals surface area contributed by atoms with Crippen LogP contribution in [0.4, 0.5) is 5.69 Å². The first kappa shape index (κ1) is 15.9. The van der Waals surface area contributed by atoms with Crippen LogP contribution in [0.3, 0.4) is 0 Å². The molecule has 2 nitrogen and oxygen atoms in total. The van der Waals surface area contributed by atoms with E-state index in [4.69, 9.17) is 0 Å². The maximum absolute atomic E-state index is 2.26. The minimum Gasteiger partial charge on any atom is -0.344 e. The fraction of sp³-hybridized carbons (Fsp3) is 0.136. The van der Waals surface area contributed by atoms with Crippen molar-refractivity contribution in [2.75, 3.05) is 11.9 Å². The van der Waals surface area contributed by atoms with Crippen molar-refractivity contribution in [1.82, 2.24) is 0 Å². The molecule has 4 rings (SSSR count). The summed E-state index contributed by atoms with van der Waals surface area (Å²) in [5, 5.41) is 1.26. The molecular formula is C22H21N2S+. The zero-order valence-electron chi connectivity index (χ0n) is 14.7. The van der Waals surface area contributed by atoms with Crippen LogP contribution in [-0.2, 0) is 7.05 Å². The summed E-state index contributed by atoms with van der Waals surface area (Å²) in [7, 11) is 4.26. The van der Waals surface area contributed by atoms with Crippen LogP contribution in [0.1, 0.15) is 17.5 Å². The number of rotatable bonds is 2. The number of hydrogen-bond donors (Lipinski definition) is 0. The Balaban J connectivity index is 1.69. The molecule has 0 atom stereocenters. The average Bonchev–Trinajstić information content (AvgIpc) is 2.94. The highest BCUT2D eigenvalue weighted by Crippen LogP contribution is 2.30. The molecule has 0 aliphatic carbocycles. The fourth-order valence-corrected chi connectivity index (χ4v) is 4.38. The summed E-state index contributed by atoms with van der Waals surface area (Å²) >= 11 is 1.83. The zero-order valence-corrected chi connectivity index (χ0v) is 15.5. The summed E-state index contributed by atoms with van der Waals surface area (Å²) in [4.78, 5) is 2.25. The van der Waals surface area contributed by atoms with Gasteiger partial charge in [0.25, 0.3) is 5.01 Å². The molecule has 3 heteroatoms. The van der Waals surface area contributed by atoms with Crippen molar-refractivity contribution < 1.29 is 4.57 Å². The van der Waals surface area contributed by atoms with Gasteiger partial charge in [0.2, 0.25) is 5.52 Å². The SMILES string of the molecule is CC(=C\c1sc2ccccc2[n+]1C)/C=C1\C=Cc2ccccc2N1C. The number of nitrogens with zero attached hydrogens (tertiary/aromatic N) is 2. The standard InChI is InChI=1S/C22H21N2S/c1-16(15-22-24(3)20-10-6-7-11-21(20)25-22)14-18-13-12-17-8-4-5-9-19(17)23(18)2/h4-15H,1-3H3/q+1. The lowest BCUT2D eigenvalue weighted by Crippen LogP contribution is -2.28. The molecule has 25 heavy (non-hydrogen) atoms. The van der Waals surface area contributed by atoms with E-state index < -0.39 is 0 Å². The summed E-state index contributed by atoms with van der Waals surface area (Å²) in [6.45, 7) is 2.17. The van der Waals surface area contributed by atoms with Crippen LogP contribution in [0.5, 0.6) is 0 Å². The van der Waals surface area contributed by atoms with Gasteiger partial charge >= 0.3 is 0 Å². The highest BCUT2D eigenvalue weighted by atomic mass is 32.1. The number of thiazole rings is 1. The first-order chi connectivity index (χ1) is 12.1. The van der Waals surface area contributed by atoms with Gasteiger partial charge in [-0.05, 0) is 42.3 Å². The van der Waals surface area contributed by atoms with Gasteiger partial charge in [-0.3, -0.25) is 0 Å². The molecule has 0 amide bonds. The molecule has 1 aromatic heterocycles. The first-order valence-electron chi connectivity index (χ1n) is 8.42.